The number of nitrogens with zero attached hydrogens (tertiary/aromatic N) is 1. The third-order valence-electron chi connectivity index (χ3n) is 7.47. The van der Waals surface area contributed by atoms with Crippen LogP contribution in [0.25, 0.3) is 33.5 Å². The maximum Gasteiger partial charge on any atom is 0.0561 e. The second-order valence-corrected chi connectivity index (χ2v) is 10.0. The predicted octanol–water partition coefficient (Wildman–Crippen LogP) is 10.4. The van der Waals surface area contributed by atoms with Crippen LogP contribution in [0.15, 0.2) is 146 Å². The van der Waals surface area contributed by atoms with Crippen molar-refractivity contribution in [1.29, 1.82) is 0 Å². The van der Waals surface area contributed by atoms with Gasteiger partial charge in [-0.3, -0.25) is 0 Å². The van der Waals surface area contributed by atoms with Crippen LogP contribution in [0.3, 0.4) is 0 Å². The first-order valence-electron chi connectivity index (χ1n) is 13.4. The Kier molecular flexibility index (Phi) is 6.57. The summed E-state index contributed by atoms with van der Waals surface area (Å²) in [7, 11) is 0. The standard InChI is InChI=1S/C38H31N/c1-4-13-30(32-23-22-28(3)36(25-32)34-19-9-8-14-27(34)2)26-38-35-20-10-11-21-37(35)39(38)33-18-12-17-31(24-33)29-15-6-5-7-16-29/h4-26H,1H2,2-3H3/b30-13+,38-26-. The van der Waals surface area contributed by atoms with E-state index in [1.165, 1.54) is 55.9 Å². The van der Waals surface area contributed by atoms with Crippen LogP contribution in [0.4, 0.5) is 11.4 Å². The number of anilines is 2. The van der Waals surface area contributed by atoms with Crippen molar-refractivity contribution in [2.45, 2.75) is 13.8 Å². The molecule has 0 fully saturated rings. The largest absolute Gasteiger partial charge is 0.309 e. The summed E-state index contributed by atoms with van der Waals surface area (Å²) in [5.41, 5.74) is 14.6. The molecule has 5 aromatic carbocycles. The van der Waals surface area contributed by atoms with E-state index in [0.29, 0.717) is 0 Å². The Morgan fingerprint density at radius 3 is 2.10 bits per heavy atom. The molecule has 0 bridgehead atoms. The van der Waals surface area contributed by atoms with Gasteiger partial charge in [0.2, 0.25) is 0 Å². The average molecular weight is 502 g/mol. The summed E-state index contributed by atoms with van der Waals surface area (Å²) in [5.74, 6) is 0. The number of benzene rings is 5. The molecule has 188 valence electrons. The first kappa shape index (κ1) is 24.5. The average Bonchev–Trinajstić information content (AvgIpc) is 2.97. The van der Waals surface area contributed by atoms with Gasteiger partial charge in [0.05, 0.1) is 11.4 Å². The molecule has 0 spiro atoms. The zero-order valence-electron chi connectivity index (χ0n) is 22.4. The van der Waals surface area contributed by atoms with Crippen molar-refractivity contribution in [2.75, 3.05) is 4.90 Å². The second kappa shape index (κ2) is 10.5. The van der Waals surface area contributed by atoms with Gasteiger partial charge in [-0.15, -0.1) is 0 Å². The highest BCUT2D eigenvalue weighted by atomic mass is 15.2. The normalized spacial score (nSPS) is 13.6. The Morgan fingerprint density at radius 1 is 0.615 bits per heavy atom. The Bertz CT molecular complexity index is 1740. The van der Waals surface area contributed by atoms with E-state index in [0.717, 1.165) is 11.3 Å². The molecule has 0 aliphatic carbocycles. The quantitative estimate of drug-likeness (QED) is 0.209. The van der Waals surface area contributed by atoms with Gasteiger partial charge in [-0.05, 0) is 88.7 Å². The molecule has 5 aromatic rings. The molecular weight excluding hydrogens is 470 g/mol. The maximum atomic E-state index is 4.04. The predicted molar refractivity (Wildman–Crippen MR) is 168 cm³/mol. The van der Waals surface area contributed by atoms with Gasteiger partial charge in [0, 0.05) is 11.3 Å². The number of para-hydroxylation sites is 1. The SMILES string of the molecule is C=C/C=C(\C=C1\c2ccccc2N1c1cccc(-c2ccccc2)c1)c1ccc(C)c(-c2ccccc2C)c1. The molecule has 0 saturated carbocycles. The number of aryl methyl sites for hydroxylation is 2. The molecule has 0 aromatic heterocycles. The van der Waals surface area contributed by atoms with Crippen molar-refractivity contribution in [3.8, 4) is 22.3 Å². The zero-order valence-corrected chi connectivity index (χ0v) is 22.4. The molecule has 0 amide bonds. The van der Waals surface area contributed by atoms with Crippen molar-refractivity contribution in [3.63, 3.8) is 0 Å². The second-order valence-electron chi connectivity index (χ2n) is 10.0. The Labute approximate surface area is 231 Å². The van der Waals surface area contributed by atoms with Crippen LogP contribution >= 0.6 is 0 Å². The minimum Gasteiger partial charge on any atom is -0.309 e. The molecule has 6 rings (SSSR count). The summed E-state index contributed by atoms with van der Waals surface area (Å²) < 4.78 is 0. The molecule has 0 N–H and O–H groups in total. The molecule has 0 saturated heterocycles. The molecule has 0 unspecified atom stereocenters. The highest BCUT2D eigenvalue weighted by molar-refractivity contribution is 6.06. The first-order valence-corrected chi connectivity index (χ1v) is 13.4. The van der Waals surface area contributed by atoms with E-state index < -0.39 is 0 Å². The number of hydrogen-bond donors (Lipinski definition) is 0. The van der Waals surface area contributed by atoms with E-state index in [-0.39, 0.29) is 0 Å². The lowest BCUT2D eigenvalue weighted by Crippen LogP contribution is -2.26. The van der Waals surface area contributed by atoms with Gasteiger partial charge >= 0.3 is 0 Å². The number of allylic oxidation sites excluding steroid dienone is 4. The minimum atomic E-state index is 1.13. The molecule has 39 heavy (non-hydrogen) atoms. The highest BCUT2D eigenvalue weighted by Crippen LogP contribution is 2.49. The summed E-state index contributed by atoms with van der Waals surface area (Å²) in [6.45, 7) is 8.40. The summed E-state index contributed by atoms with van der Waals surface area (Å²) in [6, 6.07) is 43.3. The topological polar surface area (TPSA) is 3.24 Å². The molecule has 0 atom stereocenters. The molecule has 1 heterocycles. The summed E-state index contributed by atoms with van der Waals surface area (Å²) in [4.78, 5) is 2.36. The van der Waals surface area contributed by atoms with Gasteiger partial charge in [0.15, 0.2) is 0 Å². The summed E-state index contributed by atoms with van der Waals surface area (Å²) >= 11 is 0. The van der Waals surface area contributed by atoms with Gasteiger partial charge in [-0.2, -0.15) is 0 Å². The van der Waals surface area contributed by atoms with E-state index >= 15 is 0 Å². The summed E-state index contributed by atoms with van der Waals surface area (Å²) in [5, 5.41) is 0. The molecular formula is C38H31N. The molecule has 0 radical (unpaired) electrons. The summed E-state index contributed by atoms with van der Waals surface area (Å²) in [6.07, 6.45) is 6.29. The molecule has 1 heteroatoms. The Hall–Kier alpha value is -4.88. The van der Waals surface area contributed by atoms with Crippen molar-refractivity contribution in [3.05, 3.63) is 168 Å². The third-order valence-corrected chi connectivity index (χ3v) is 7.47. The minimum absolute atomic E-state index is 1.13. The van der Waals surface area contributed by atoms with E-state index in [9.17, 15) is 0 Å². The lowest BCUT2D eigenvalue weighted by Gasteiger charge is -2.39. The van der Waals surface area contributed by atoms with Gasteiger partial charge in [-0.1, -0.05) is 116 Å². The fraction of sp³-hybridized carbons (Fsp3) is 0.0526. The fourth-order valence-corrected chi connectivity index (χ4v) is 5.43. The smallest absolute Gasteiger partial charge is 0.0561 e. The van der Waals surface area contributed by atoms with Crippen LogP contribution in [0, 0.1) is 13.8 Å². The van der Waals surface area contributed by atoms with Gasteiger partial charge in [0.25, 0.3) is 0 Å². The maximum absolute atomic E-state index is 4.04. The van der Waals surface area contributed by atoms with E-state index in [2.05, 4.69) is 159 Å². The van der Waals surface area contributed by atoms with Gasteiger partial charge in [-0.25, -0.2) is 0 Å². The Balaban J connectivity index is 1.45. The zero-order chi connectivity index (χ0) is 26.8. The van der Waals surface area contributed by atoms with Crippen LogP contribution in [-0.4, -0.2) is 0 Å². The third kappa shape index (κ3) is 4.64. The number of hydrogen-bond acceptors (Lipinski definition) is 1. The van der Waals surface area contributed by atoms with Gasteiger partial charge in [0.1, 0.15) is 0 Å². The van der Waals surface area contributed by atoms with E-state index in [4.69, 9.17) is 0 Å². The van der Waals surface area contributed by atoms with Crippen molar-refractivity contribution < 1.29 is 0 Å². The van der Waals surface area contributed by atoms with Crippen LogP contribution < -0.4 is 4.90 Å². The van der Waals surface area contributed by atoms with Crippen LogP contribution in [-0.2, 0) is 0 Å². The van der Waals surface area contributed by atoms with Crippen molar-refractivity contribution in [2.24, 2.45) is 0 Å². The molecule has 1 nitrogen and oxygen atoms in total. The lowest BCUT2D eigenvalue weighted by atomic mass is 9.90. The highest BCUT2D eigenvalue weighted by Gasteiger charge is 2.30. The Morgan fingerprint density at radius 2 is 1.31 bits per heavy atom. The van der Waals surface area contributed by atoms with Gasteiger partial charge < -0.3 is 4.90 Å². The molecule has 1 aliphatic heterocycles. The first-order chi connectivity index (χ1) is 19.1. The fourth-order valence-electron chi connectivity index (χ4n) is 5.43. The number of rotatable bonds is 6. The monoisotopic (exact) mass is 501 g/mol. The number of fused-ring (bicyclic) bond motifs is 1. The van der Waals surface area contributed by atoms with Crippen LogP contribution in [0.2, 0.25) is 0 Å². The van der Waals surface area contributed by atoms with E-state index in [1.54, 1.807) is 0 Å². The van der Waals surface area contributed by atoms with Crippen molar-refractivity contribution >= 4 is 22.6 Å². The lowest BCUT2D eigenvalue weighted by molar-refractivity contribution is 1.21. The van der Waals surface area contributed by atoms with Crippen LogP contribution in [0.5, 0.6) is 0 Å². The van der Waals surface area contributed by atoms with E-state index in [1.807, 2.05) is 6.08 Å². The van der Waals surface area contributed by atoms with Crippen molar-refractivity contribution in [1.82, 2.24) is 0 Å². The van der Waals surface area contributed by atoms with Crippen LogP contribution in [0.1, 0.15) is 22.3 Å². The molecule has 1 aliphatic rings.